The lowest BCUT2D eigenvalue weighted by molar-refractivity contribution is -0.924. The highest BCUT2D eigenvalue weighted by atomic mass is 16.7. The first-order chi connectivity index (χ1) is 13.2. The van der Waals surface area contributed by atoms with Crippen molar-refractivity contribution >= 4 is 0 Å². The largest absolute Gasteiger partial charge is 0.492 e. The van der Waals surface area contributed by atoms with Crippen LogP contribution in [0.1, 0.15) is 50.3 Å². The maximum absolute atomic E-state index is 11.2. The molecule has 0 unspecified atom stereocenters. The molecule has 0 amide bonds. The van der Waals surface area contributed by atoms with Gasteiger partial charge in [-0.2, -0.15) is 0 Å². The van der Waals surface area contributed by atoms with E-state index in [-0.39, 0.29) is 30.5 Å². The zero-order chi connectivity index (χ0) is 20.1. The molecule has 0 bridgehead atoms. The summed E-state index contributed by atoms with van der Waals surface area (Å²) in [5, 5.41) is 11.2. The quantitative estimate of drug-likeness (QED) is 0.798. The second kappa shape index (κ2) is 7.08. The third kappa shape index (κ3) is 3.46. The van der Waals surface area contributed by atoms with Crippen LogP contribution in [0.25, 0.3) is 0 Å². The summed E-state index contributed by atoms with van der Waals surface area (Å²) in [6, 6.07) is 2.25. The highest BCUT2D eigenvalue weighted by Crippen LogP contribution is 2.52. The van der Waals surface area contributed by atoms with Gasteiger partial charge in [-0.05, 0) is 44.2 Å². The molecule has 3 aliphatic rings. The van der Waals surface area contributed by atoms with Crippen molar-refractivity contribution in [3.8, 4) is 17.2 Å². The summed E-state index contributed by atoms with van der Waals surface area (Å²) in [6.07, 6.45) is 3.10. The number of hydrogen-bond acceptors (Lipinski definition) is 5. The number of methoxy groups -OCH3 is 1. The Labute approximate surface area is 167 Å². The molecule has 1 fully saturated rings. The number of rotatable bonds is 4. The van der Waals surface area contributed by atoms with Gasteiger partial charge in [0.25, 0.3) is 0 Å². The van der Waals surface area contributed by atoms with Gasteiger partial charge in [0, 0.05) is 19.4 Å². The minimum atomic E-state index is -0.369. The molecule has 0 spiro atoms. The average Bonchev–Trinajstić information content (AvgIpc) is 3.09. The summed E-state index contributed by atoms with van der Waals surface area (Å²) in [5.41, 5.74) is 2.26. The van der Waals surface area contributed by atoms with Crippen LogP contribution < -0.4 is 14.2 Å². The molecule has 3 heterocycles. The van der Waals surface area contributed by atoms with Gasteiger partial charge in [0.15, 0.2) is 11.5 Å². The number of quaternary nitrogens is 1. The van der Waals surface area contributed by atoms with Crippen molar-refractivity contribution in [2.75, 3.05) is 41.1 Å². The number of benzene rings is 1. The van der Waals surface area contributed by atoms with Crippen molar-refractivity contribution in [3.05, 3.63) is 17.2 Å². The van der Waals surface area contributed by atoms with Crippen LogP contribution in [0.5, 0.6) is 17.2 Å². The smallest absolute Gasteiger partial charge is 0.231 e. The van der Waals surface area contributed by atoms with Crippen LogP contribution in [-0.2, 0) is 11.2 Å². The van der Waals surface area contributed by atoms with Gasteiger partial charge in [-0.3, -0.25) is 0 Å². The Morgan fingerprint density at radius 2 is 2.11 bits per heavy atom. The van der Waals surface area contributed by atoms with Gasteiger partial charge >= 0.3 is 0 Å². The molecule has 0 saturated carbocycles. The Hall–Kier alpha value is -1.50. The van der Waals surface area contributed by atoms with E-state index in [1.54, 1.807) is 7.11 Å². The molecule has 156 valence electrons. The van der Waals surface area contributed by atoms with Crippen molar-refractivity contribution in [2.45, 2.75) is 57.3 Å². The first-order valence-corrected chi connectivity index (χ1v) is 10.4. The summed E-state index contributed by atoms with van der Waals surface area (Å²) in [4.78, 5) is 0. The molecular formula is C22H34NO5+. The first kappa shape index (κ1) is 19.8. The fraction of sp³-hybridized carbons (Fsp3) is 0.727. The Balaban J connectivity index is 1.67. The van der Waals surface area contributed by atoms with Crippen LogP contribution in [-0.4, -0.2) is 62.4 Å². The second-order valence-electron chi connectivity index (χ2n) is 9.65. The molecule has 28 heavy (non-hydrogen) atoms. The molecular weight excluding hydrogens is 358 g/mol. The van der Waals surface area contributed by atoms with E-state index in [1.165, 1.54) is 11.1 Å². The number of ether oxygens (including phenoxy) is 4. The van der Waals surface area contributed by atoms with Gasteiger partial charge in [-0.15, -0.1) is 0 Å². The zero-order valence-electron chi connectivity index (χ0n) is 17.8. The molecule has 4 rings (SSSR count). The van der Waals surface area contributed by atoms with E-state index >= 15 is 0 Å². The van der Waals surface area contributed by atoms with Crippen LogP contribution in [0.2, 0.25) is 0 Å². The topological polar surface area (TPSA) is 57.2 Å². The maximum atomic E-state index is 11.2. The number of aliphatic hydroxyl groups is 1. The summed E-state index contributed by atoms with van der Waals surface area (Å²) in [6.45, 7) is 6.21. The molecule has 0 aromatic heterocycles. The van der Waals surface area contributed by atoms with Gasteiger partial charge in [0.1, 0.15) is 6.04 Å². The van der Waals surface area contributed by atoms with E-state index in [2.05, 4.69) is 34.0 Å². The third-order valence-corrected chi connectivity index (χ3v) is 6.83. The number of nitrogens with zero attached hydrogens (tertiary/aromatic N) is 1. The molecule has 3 atom stereocenters. The molecule has 1 saturated heterocycles. The van der Waals surface area contributed by atoms with Crippen LogP contribution >= 0.6 is 0 Å². The molecule has 1 N–H and O–H groups in total. The Bertz CT molecular complexity index is 745. The molecule has 0 radical (unpaired) electrons. The monoisotopic (exact) mass is 392 g/mol. The van der Waals surface area contributed by atoms with E-state index in [1.807, 2.05) is 0 Å². The predicted octanol–water partition coefficient (Wildman–Crippen LogP) is 3.05. The molecule has 1 aromatic carbocycles. The van der Waals surface area contributed by atoms with E-state index in [9.17, 15) is 5.11 Å². The lowest BCUT2D eigenvalue weighted by atomic mass is 9.79. The van der Waals surface area contributed by atoms with Gasteiger partial charge in [-0.1, -0.05) is 0 Å². The summed E-state index contributed by atoms with van der Waals surface area (Å²) in [7, 11) is 6.19. The van der Waals surface area contributed by atoms with Crippen molar-refractivity contribution in [1.82, 2.24) is 0 Å². The van der Waals surface area contributed by atoms with Gasteiger partial charge < -0.3 is 28.5 Å². The van der Waals surface area contributed by atoms with Crippen LogP contribution in [0.15, 0.2) is 6.07 Å². The summed E-state index contributed by atoms with van der Waals surface area (Å²) >= 11 is 0. The van der Waals surface area contributed by atoms with Gasteiger partial charge in [-0.25, -0.2) is 0 Å². The lowest BCUT2D eigenvalue weighted by Gasteiger charge is -2.45. The van der Waals surface area contributed by atoms with E-state index in [4.69, 9.17) is 18.9 Å². The van der Waals surface area contributed by atoms with Crippen LogP contribution in [0, 0.1) is 5.92 Å². The van der Waals surface area contributed by atoms with Crippen molar-refractivity contribution in [2.24, 2.45) is 5.92 Å². The van der Waals surface area contributed by atoms with Crippen LogP contribution in [0.4, 0.5) is 0 Å². The minimum Gasteiger partial charge on any atom is -0.492 e. The Kier molecular flexibility index (Phi) is 5.01. The van der Waals surface area contributed by atoms with Crippen molar-refractivity contribution in [1.29, 1.82) is 0 Å². The fourth-order valence-corrected chi connectivity index (χ4v) is 5.20. The minimum absolute atomic E-state index is 0.147. The van der Waals surface area contributed by atoms with Crippen LogP contribution in [0.3, 0.4) is 0 Å². The van der Waals surface area contributed by atoms with Crippen molar-refractivity contribution < 1.29 is 28.5 Å². The standard InChI is InChI=1S/C22H34NO5/c1-22(2)12-15(7-9-28-22)17(24)11-16-19-14(6-8-23(16,3)4)10-18-20(21(19)25-5)27-13-26-18/h10,15-17,24H,6-9,11-13H2,1-5H3/q+1/t15-,16+,17-/m0/s1. The summed E-state index contributed by atoms with van der Waals surface area (Å²) < 4.78 is 23.8. The lowest BCUT2D eigenvalue weighted by Crippen LogP contribution is -2.50. The molecule has 3 aliphatic heterocycles. The highest BCUT2D eigenvalue weighted by molar-refractivity contribution is 5.61. The fourth-order valence-electron chi connectivity index (χ4n) is 5.20. The van der Waals surface area contributed by atoms with Gasteiger partial charge in [0.05, 0.1) is 45.0 Å². The number of aliphatic hydroxyl groups excluding tert-OH is 1. The Morgan fingerprint density at radius 3 is 2.82 bits per heavy atom. The van der Waals surface area contributed by atoms with E-state index in [0.717, 1.165) is 48.4 Å². The highest BCUT2D eigenvalue weighted by Gasteiger charge is 2.44. The number of hydrogen-bond donors (Lipinski definition) is 1. The van der Waals surface area contributed by atoms with Gasteiger partial charge in [0.2, 0.25) is 12.5 Å². The van der Waals surface area contributed by atoms with E-state index < -0.39 is 0 Å². The molecule has 0 aliphatic carbocycles. The maximum Gasteiger partial charge on any atom is 0.231 e. The zero-order valence-corrected chi connectivity index (χ0v) is 17.8. The number of likely N-dealkylation sites (N-methyl/N-ethyl adjacent to an activating group) is 1. The third-order valence-electron chi connectivity index (χ3n) is 6.83. The summed E-state index contributed by atoms with van der Waals surface area (Å²) in [5.74, 6) is 2.51. The number of fused-ring (bicyclic) bond motifs is 2. The van der Waals surface area contributed by atoms with Crippen molar-refractivity contribution in [3.63, 3.8) is 0 Å². The predicted molar refractivity (Wildman–Crippen MR) is 106 cm³/mol. The molecule has 6 heteroatoms. The Morgan fingerprint density at radius 1 is 1.32 bits per heavy atom. The molecule has 6 nitrogen and oxygen atoms in total. The SMILES string of the molecule is COc1c2c(cc3c1[C@@H](C[C@H](O)[C@H]1CCOC(C)(C)C1)[N+](C)(C)CC3)OCO2. The molecule has 1 aromatic rings. The normalized spacial score (nSPS) is 28.5. The van der Waals surface area contributed by atoms with E-state index in [0.29, 0.717) is 12.2 Å². The first-order valence-electron chi connectivity index (χ1n) is 10.4. The second-order valence-corrected chi connectivity index (χ2v) is 9.65. The average molecular weight is 393 g/mol.